The molecule has 0 amide bonds. The minimum Gasteiger partial charge on any atom is -0.494 e. The summed E-state index contributed by atoms with van der Waals surface area (Å²) in [6.45, 7) is 3.17. The quantitative estimate of drug-likeness (QED) is 0.627. The third kappa shape index (κ3) is 3.77. The molecule has 0 unspecified atom stereocenters. The Morgan fingerprint density at radius 3 is 2.70 bits per heavy atom. The van der Waals surface area contributed by atoms with Crippen LogP contribution in [-0.2, 0) is 10.0 Å². The second-order valence-electron chi connectivity index (χ2n) is 7.48. The lowest BCUT2D eigenvalue weighted by molar-refractivity contribution is 0.310. The van der Waals surface area contributed by atoms with Crippen molar-refractivity contribution in [3.63, 3.8) is 0 Å². The number of nitrogens with one attached hydrogen (secondary N) is 1. The van der Waals surface area contributed by atoms with E-state index in [0.717, 1.165) is 13.1 Å². The maximum atomic E-state index is 12.9. The number of nitrogens with zero attached hydrogens (tertiary/aromatic N) is 4. The number of likely N-dealkylation sites (N-methyl/N-ethyl adjacent to an activating group) is 1. The van der Waals surface area contributed by atoms with E-state index < -0.39 is 10.0 Å². The van der Waals surface area contributed by atoms with Gasteiger partial charge in [0.2, 0.25) is 10.0 Å². The van der Waals surface area contributed by atoms with Crippen molar-refractivity contribution in [1.29, 1.82) is 5.26 Å². The van der Waals surface area contributed by atoms with Gasteiger partial charge in [-0.2, -0.15) is 9.57 Å². The van der Waals surface area contributed by atoms with Crippen LogP contribution < -0.4 is 0 Å². The van der Waals surface area contributed by atoms with E-state index in [1.807, 2.05) is 0 Å². The van der Waals surface area contributed by atoms with Gasteiger partial charge >= 0.3 is 0 Å². The van der Waals surface area contributed by atoms with E-state index in [2.05, 4.69) is 20.9 Å². The zero-order chi connectivity index (χ0) is 21.3. The molecular formula is C21H23N5O3S. The van der Waals surface area contributed by atoms with Crippen molar-refractivity contribution in [2.24, 2.45) is 0 Å². The summed E-state index contributed by atoms with van der Waals surface area (Å²) < 4.78 is 27.1. The highest BCUT2D eigenvalue weighted by atomic mass is 32.2. The fourth-order valence-electron chi connectivity index (χ4n) is 3.78. The number of benzene rings is 1. The van der Waals surface area contributed by atoms with Gasteiger partial charge in [-0.15, -0.1) is 0 Å². The zero-order valence-electron chi connectivity index (χ0n) is 16.7. The van der Waals surface area contributed by atoms with Gasteiger partial charge in [0.15, 0.2) is 5.88 Å². The van der Waals surface area contributed by atoms with Gasteiger partial charge in [0.25, 0.3) is 0 Å². The van der Waals surface area contributed by atoms with E-state index in [0.29, 0.717) is 40.8 Å². The van der Waals surface area contributed by atoms with E-state index in [1.165, 1.54) is 29.4 Å². The van der Waals surface area contributed by atoms with Crippen LogP contribution in [-0.4, -0.2) is 65.9 Å². The molecule has 0 bridgehead atoms. The van der Waals surface area contributed by atoms with Crippen molar-refractivity contribution in [2.45, 2.75) is 17.7 Å². The molecule has 2 aromatic heterocycles. The highest BCUT2D eigenvalue weighted by molar-refractivity contribution is 7.89. The number of rotatable bonds is 6. The van der Waals surface area contributed by atoms with Gasteiger partial charge in [-0.3, -0.25) is 4.98 Å². The maximum absolute atomic E-state index is 12.9. The lowest BCUT2D eigenvalue weighted by atomic mass is 10.1. The predicted octanol–water partition coefficient (Wildman–Crippen LogP) is 2.52. The van der Waals surface area contributed by atoms with Gasteiger partial charge in [-0.05, 0) is 56.3 Å². The van der Waals surface area contributed by atoms with Gasteiger partial charge in [-0.25, -0.2) is 8.42 Å². The third-order valence-corrected chi connectivity index (χ3v) is 7.38. The van der Waals surface area contributed by atoms with Crippen LogP contribution in [0.4, 0.5) is 0 Å². The molecule has 0 spiro atoms. The standard InChI is InChI=1S/C21H23N5O3S/c1-25(10-11-26-8-2-3-9-26)30(28,29)16-5-7-19(23-14-16)20-17-12-15(13-22)4-6-18(17)24-21(20)27/h4-7,12,14,24,27H,2-3,8-11H2,1H3. The number of hydrogen-bond donors (Lipinski definition) is 2. The van der Waals surface area contributed by atoms with Crippen LogP contribution in [0.2, 0.25) is 0 Å². The molecule has 1 aromatic carbocycles. The average molecular weight is 426 g/mol. The fraction of sp³-hybridized carbons (Fsp3) is 0.333. The van der Waals surface area contributed by atoms with Crippen LogP contribution in [0.15, 0.2) is 41.4 Å². The lowest BCUT2D eigenvalue weighted by Gasteiger charge is -2.21. The largest absolute Gasteiger partial charge is 0.494 e. The number of likely N-dealkylation sites (tertiary alicyclic amines) is 1. The van der Waals surface area contributed by atoms with Crippen molar-refractivity contribution >= 4 is 20.9 Å². The van der Waals surface area contributed by atoms with Crippen molar-refractivity contribution < 1.29 is 13.5 Å². The number of pyridine rings is 1. The molecule has 156 valence electrons. The first-order valence-electron chi connectivity index (χ1n) is 9.80. The molecule has 9 heteroatoms. The Bertz CT molecular complexity index is 1210. The van der Waals surface area contributed by atoms with Crippen LogP contribution in [0, 0.1) is 11.3 Å². The van der Waals surface area contributed by atoms with Crippen LogP contribution in [0.5, 0.6) is 5.88 Å². The number of aromatic nitrogens is 2. The van der Waals surface area contributed by atoms with Crippen molar-refractivity contribution in [1.82, 2.24) is 19.2 Å². The Morgan fingerprint density at radius 1 is 1.27 bits per heavy atom. The Kier molecular flexibility index (Phi) is 5.47. The SMILES string of the molecule is CN(CCN1CCCC1)S(=O)(=O)c1ccc(-c2c(O)[nH]c3ccc(C#N)cc23)nc1. The molecule has 3 aromatic rings. The molecule has 1 fully saturated rings. The van der Waals surface area contributed by atoms with Crippen molar-refractivity contribution in [3.05, 3.63) is 42.1 Å². The second-order valence-corrected chi connectivity index (χ2v) is 9.52. The smallest absolute Gasteiger partial charge is 0.244 e. The lowest BCUT2D eigenvalue weighted by Crippen LogP contribution is -2.35. The summed E-state index contributed by atoms with van der Waals surface area (Å²) in [6.07, 6.45) is 3.64. The third-order valence-electron chi connectivity index (χ3n) is 5.54. The Balaban J connectivity index is 1.59. The van der Waals surface area contributed by atoms with E-state index in [-0.39, 0.29) is 10.8 Å². The van der Waals surface area contributed by atoms with Crippen LogP contribution in [0.3, 0.4) is 0 Å². The monoisotopic (exact) mass is 425 g/mol. The van der Waals surface area contributed by atoms with E-state index >= 15 is 0 Å². The molecule has 1 aliphatic heterocycles. The predicted molar refractivity (Wildman–Crippen MR) is 113 cm³/mol. The van der Waals surface area contributed by atoms with Gasteiger partial charge in [-0.1, -0.05) is 0 Å². The van der Waals surface area contributed by atoms with Crippen molar-refractivity contribution in [3.8, 4) is 23.2 Å². The van der Waals surface area contributed by atoms with E-state index in [9.17, 15) is 13.5 Å². The molecule has 0 atom stereocenters. The molecule has 1 aliphatic rings. The number of aromatic amines is 1. The number of hydrogen-bond acceptors (Lipinski definition) is 6. The molecule has 8 nitrogen and oxygen atoms in total. The molecule has 0 saturated carbocycles. The minimum atomic E-state index is -3.65. The topological polar surface area (TPSA) is 113 Å². The molecule has 30 heavy (non-hydrogen) atoms. The fourth-order valence-corrected chi connectivity index (χ4v) is 4.88. The summed E-state index contributed by atoms with van der Waals surface area (Å²) in [5, 5.41) is 20.1. The first kappa shape index (κ1) is 20.3. The highest BCUT2D eigenvalue weighted by Crippen LogP contribution is 2.36. The molecule has 1 saturated heterocycles. The summed E-state index contributed by atoms with van der Waals surface area (Å²) in [6, 6.07) is 10.2. The summed E-state index contributed by atoms with van der Waals surface area (Å²) >= 11 is 0. The van der Waals surface area contributed by atoms with Gasteiger partial charge in [0, 0.05) is 37.2 Å². The number of aromatic hydroxyl groups is 1. The number of H-pyrrole nitrogens is 1. The summed E-state index contributed by atoms with van der Waals surface area (Å²) in [4.78, 5) is 9.52. The Hall–Kier alpha value is -2.93. The van der Waals surface area contributed by atoms with Crippen molar-refractivity contribution in [2.75, 3.05) is 33.2 Å². The number of fused-ring (bicyclic) bond motifs is 1. The molecule has 0 aliphatic carbocycles. The highest BCUT2D eigenvalue weighted by Gasteiger charge is 2.23. The maximum Gasteiger partial charge on any atom is 0.244 e. The van der Waals surface area contributed by atoms with E-state index in [4.69, 9.17) is 5.26 Å². The van der Waals surface area contributed by atoms with Crippen LogP contribution in [0.1, 0.15) is 18.4 Å². The summed E-state index contributed by atoms with van der Waals surface area (Å²) in [5.41, 5.74) is 1.99. The zero-order valence-corrected chi connectivity index (χ0v) is 17.5. The number of sulfonamides is 1. The molecular weight excluding hydrogens is 402 g/mol. The van der Waals surface area contributed by atoms with Crippen LogP contribution >= 0.6 is 0 Å². The average Bonchev–Trinajstić information content (AvgIpc) is 3.38. The Morgan fingerprint density at radius 2 is 2.03 bits per heavy atom. The molecule has 2 N–H and O–H groups in total. The number of nitriles is 1. The van der Waals surface area contributed by atoms with Gasteiger partial charge < -0.3 is 15.0 Å². The second kappa shape index (κ2) is 8.07. The normalized spacial score (nSPS) is 15.1. The van der Waals surface area contributed by atoms with Gasteiger partial charge in [0.05, 0.1) is 22.9 Å². The molecule has 4 rings (SSSR count). The first-order valence-corrected chi connectivity index (χ1v) is 11.2. The summed E-state index contributed by atoms with van der Waals surface area (Å²) in [7, 11) is -2.07. The van der Waals surface area contributed by atoms with Gasteiger partial charge in [0.1, 0.15) is 4.90 Å². The summed E-state index contributed by atoms with van der Waals surface area (Å²) in [5.74, 6) is -0.0778. The van der Waals surface area contributed by atoms with Crippen LogP contribution in [0.25, 0.3) is 22.2 Å². The Labute approximate surface area is 175 Å². The molecule has 3 heterocycles. The van der Waals surface area contributed by atoms with E-state index in [1.54, 1.807) is 31.3 Å². The minimum absolute atomic E-state index is 0.0778. The first-order chi connectivity index (χ1) is 14.4. The molecule has 0 radical (unpaired) electrons.